The molecular weight excluding hydrogens is 303 g/mol. The molecule has 110 valence electrons. The number of nitrogens with zero attached hydrogens (tertiary/aromatic N) is 1. The second kappa shape index (κ2) is 5.66. The number of rotatable bonds is 4. The van der Waals surface area contributed by atoms with Crippen molar-refractivity contribution in [2.45, 2.75) is 37.6 Å². The lowest BCUT2D eigenvalue weighted by molar-refractivity contribution is -0.138. The van der Waals surface area contributed by atoms with E-state index in [0.717, 1.165) is 12.8 Å². The van der Waals surface area contributed by atoms with E-state index in [0.29, 0.717) is 23.6 Å². The van der Waals surface area contributed by atoms with Crippen molar-refractivity contribution >= 4 is 35.1 Å². The lowest BCUT2D eigenvalue weighted by Crippen LogP contribution is -2.48. The summed E-state index contributed by atoms with van der Waals surface area (Å²) >= 11 is 11.8. The Morgan fingerprint density at radius 2 is 2.00 bits per heavy atom. The summed E-state index contributed by atoms with van der Waals surface area (Å²) in [5.74, 6) is -1.25. The summed E-state index contributed by atoms with van der Waals surface area (Å²) in [5, 5.41) is 12.5. The zero-order valence-electron chi connectivity index (χ0n) is 11.1. The van der Waals surface area contributed by atoms with Crippen LogP contribution in [0.2, 0.25) is 10.2 Å². The molecule has 1 fully saturated rings. The number of hydrogen-bond acceptors (Lipinski definition) is 2. The van der Waals surface area contributed by atoms with Crippen LogP contribution in [0.4, 0.5) is 0 Å². The van der Waals surface area contributed by atoms with E-state index in [4.69, 9.17) is 28.3 Å². The predicted molar refractivity (Wildman–Crippen MR) is 76.4 cm³/mol. The highest BCUT2D eigenvalue weighted by Crippen LogP contribution is 2.33. The van der Waals surface area contributed by atoms with Crippen LogP contribution in [0.1, 0.15) is 42.6 Å². The Balaban J connectivity index is 2.20. The van der Waals surface area contributed by atoms with Crippen molar-refractivity contribution in [1.29, 1.82) is 0 Å². The number of aliphatic carboxylic acids is 1. The second-order valence-corrected chi connectivity index (χ2v) is 6.00. The smallest absolute Gasteiger partial charge is 0.305 e. The molecule has 1 saturated carbocycles. The molecule has 1 amide bonds. The van der Waals surface area contributed by atoms with Gasteiger partial charge in [0.25, 0.3) is 5.91 Å². The molecule has 0 unspecified atom stereocenters. The SMILES string of the molecule is Cn1c(C(=O)NC2(CC(=O)O)CCCC2)cc(Cl)c1Cl. The summed E-state index contributed by atoms with van der Waals surface area (Å²) < 4.78 is 1.49. The van der Waals surface area contributed by atoms with Crippen LogP contribution >= 0.6 is 23.2 Å². The summed E-state index contributed by atoms with van der Waals surface area (Å²) in [4.78, 5) is 23.3. The number of aromatic nitrogens is 1. The molecule has 1 aromatic rings. The molecule has 0 radical (unpaired) electrons. The monoisotopic (exact) mass is 318 g/mol. The van der Waals surface area contributed by atoms with Crippen molar-refractivity contribution in [1.82, 2.24) is 9.88 Å². The van der Waals surface area contributed by atoms with Gasteiger partial charge in [0.05, 0.1) is 17.0 Å². The maximum Gasteiger partial charge on any atom is 0.305 e. The van der Waals surface area contributed by atoms with E-state index in [1.54, 1.807) is 7.05 Å². The summed E-state index contributed by atoms with van der Waals surface area (Å²) in [6.45, 7) is 0. The minimum absolute atomic E-state index is 0.0649. The quantitative estimate of drug-likeness (QED) is 0.896. The fourth-order valence-electron chi connectivity index (χ4n) is 2.75. The third-order valence-corrected chi connectivity index (χ3v) is 4.62. The standard InChI is InChI=1S/C13H16Cl2N2O3/c1-17-9(6-8(14)11(17)15)12(20)16-13(7-10(18)19)4-2-3-5-13/h6H,2-5,7H2,1H3,(H,16,20)(H,18,19). The Kier molecular flexibility index (Phi) is 4.30. The molecule has 0 aromatic carbocycles. The first-order valence-electron chi connectivity index (χ1n) is 6.40. The molecule has 1 heterocycles. The number of hydrogen-bond donors (Lipinski definition) is 2. The van der Waals surface area contributed by atoms with Gasteiger partial charge in [-0.1, -0.05) is 36.0 Å². The maximum absolute atomic E-state index is 12.3. The molecular formula is C13H16Cl2N2O3. The summed E-state index contributed by atoms with van der Waals surface area (Å²) in [6, 6.07) is 1.49. The van der Waals surface area contributed by atoms with Crippen LogP contribution in [-0.2, 0) is 11.8 Å². The molecule has 2 rings (SSSR count). The van der Waals surface area contributed by atoms with Crippen molar-refractivity contribution in [2.75, 3.05) is 0 Å². The topological polar surface area (TPSA) is 71.3 Å². The van der Waals surface area contributed by atoms with Gasteiger partial charge in [-0.2, -0.15) is 0 Å². The van der Waals surface area contributed by atoms with Gasteiger partial charge >= 0.3 is 5.97 Å². The lowest BCUT2D eigenvalue weighted by atomic mass is 9.93. The minimum Gasteiger partial charge on any atom is -0.481 e. The van der Waals surface area contributed by atoms with Crippen molar-refractivity contribution < 1.29 is 14.7 Å². The molecule has 0 saturated heterocycles. The maximum atomic E-state index is 12.3. The fourth-order valence-corrected chi connectivity index (χ4v) is 3.13. The van der Waals surface area contributed by atoms with Crippen LogP contribution < -0.4 is 5.32 Å². The highest BCUT2D eigenvalue weighted by atomic mass is 35.5. The van der Waals surface area contributed by atoms with Gasteiger partial charge in [-0.25, -0.2) is 0 Å². The normalized spacial score (nSPS) is 17.1. The van der Waals surface area contributed by atoms with E-state index >= 15 is 0 Å². The minimum atomic E-state index is -0.907. The Bertz CT molecular complexity index is 548. The van der Waals surface area contributed by atoms with E-state index in [2.05, 4.69) is 5.32 Å². The van der Waals surface area contributed by atoms with Gasteiger partial charge in [-0.3, -0.25) is 9.59 Å². The van der Waals surface area contributed by atoms with Crippen LogP contribution in [0.3, 0.4) is 0 Å². The molecule has 2 N–H and O–H groups in total. The van der Waals surface area contributed by atoms with Crippen LogP contribution in [0.25, 0.3) is 0 Å². The van der Waals surface area contributed by atoms with Gasteiger partial charge in [0.15, 0.2) is 0 Å². The van der Waals surface area contributed by atoms with Gasteiger partial charge in [0.1, 0.15) is 10.8 Å². The van der Waals surface area contributed by atoms with Crippen molar-refractivity contribution in [3.8, 4) is 0 Å². The van der Waals surface area contributed by atoms with Gasteiger partial charge in [0, 0.05) is 7.05 Å². The highest BCUT2D eigenvalue weighted by molar-refractivity contribution is 6.41. The van der Waals surface area contributed by atoms with Crippen LogP contribution in [0.15, 0.2) is 6.07 Å². The molecule has 0 spiro atoms. The zero-order valence-corrected chi connectivity index (χ0v) is 12.6. The van der Waals surface area contributed by atoms with E-state index < -0.39 is 11.5 Å². The summed E-state index contributed by atoms with van der Waals surface area (Å²) in [7, 11) is 1.64. The molecule has 0 bridgehead atoms. The van der Waals surface area contributed by atoms with Gasteiger partial charge < -0.3 is 15.0 Å². The third-order valence-electron chi connectivity index (χ3n) is 3.78. The first kappa shape index (κ1) is 15.2. The van der Waals surface area contributed by atoms with E-state index in [1.807, 2.05) is 0 Å². The molecule has 1 aliphatic rings. The number of carbonyl (C=O) groups is 2. The predicted octanol–water partition coefficient (Wildman–Crippen LogP) is 2.85. The van der Waals surface area contributed by atoms with Gasteiger partial charge in [-0.15, -0.1) is 0 Å². The Morgan fingerprint density at radius 1 is 1.40 bits per heavy atom. The highest BCUT2D eigenvalue weighted by Gasteiger charge is 2.38. The molecule has 20 heavy (non-hydrogen) atoms. The van der Waals surface area contributed by atoms with E-state index in [1.165, 1.54) is 10.6 Å². The molecule has 7 heteroatoms. The molecule has 5 nitrogen and oxygen atoms in total. The van der Waals surface area contributed by atoms with Crippen molar-refractivity contribution in [3.05, 3.63) is 21.9 Å². The molecule has 0 atom stereocenters. The van der Waals surface area contributed by atoms with Crippen LogP contribution in [0, 0.1) is 0 Å². The van der Waals surface area contributed by atoms with Crippen LogP contribution in [-0.4, -0.2) is 27.1 Å². The Hall–Kier alpha value is -1.20. The average molecular weight is 319 g/mol. The van der Waals surface area contributed by atoms with Gasteiger partial charge in [0.2, 0.25) is 0 Å². The number of carboxylic acid groups (broad SMARTS) is 1. The van der Waals surface area contributed by atoms with Gasteiger partial charge in [-0.05, 0) is 18.9 Å². The lowest BCUT2D eigenvalue weighted by Gasteiger charge is -2.28. The van der Waals surface area contributed by atoms with E-state index in [9.17, 15) is 9.59 Å². The van der Waals surface area contributed by atoms with Crippen LogP contribution in [0.5, 0.6) is 0 Å². The molecule has 1 aromatic heterocycles. The Labute approximate surface area is 126 Å². The largest absolute Gasteiger partial charge is 0.481 e. The number of halogens is 2. The molecule has 0 aliphatic heterocycles. The van der Waals surface area contributed by atoms with Crippen molar-refractivity contribution in [2.24, 2.45) is 7.05 Å². The molecule has 1 aliphatic carbocycles. The first-order chi connectivity index (χ1) is 9.34. The Morgan fingerprint density at radius 3 is 2.45 bits per heavy atom. The number of carboxylic acids is 1. The number of carbonyl (C=O) groups excluding carboxylic acids is 1. The van der Waals surface area contributed by atoms with Crippen molar-refractivity contribution in [3.63, 3.8) is 0 Å². The zero-order chi connectivity index (χ0) is 14.9. The fraction of sp³-hybridized carbons (Fsp3) is 0.538. The third kappa shape index (κ3) is 2.94. The average Bonchev–Trinajstić information content (AvgIpc) is 2.89. The van der Waals surface area contributed by atoms with E-state index in [-0.39, 0.29) is 17.5 Å². The summed E-state index contributed by atoms with van der Waals surface area (Å²) in [5.41, 5.74) is -0.330. The second-order valence-electron chi connectivity index (χ2n) is 5.24. The number of amides is 1. The first-order valence-corrected chi connectivity index (χ1v) is 7.15. The number of nitrogens with one attached hydrogen (secondary N) is 1. The summed E-state index contributed by atoms with van der Waals surface area (Å²) in [6.07, 6.45) is 3.13.